The summed E-state index contributed by atoms with van der Waals surface area (Å²) in [6.07, 6.45) is 6.07. The van der Waals surface area contributed by atoms with Gasteiger partial charge in [-0.2, -0.15) is 4.72 Å². The zero-order chi connectivity index (χ0) is 27.3. The van der Waals surface area contributed by atoms with E-state index in [9.17, 15) is 18.3 Å². The first-order valence-corrected chi connectivity index (χ1v) is 14.7. The highest BCUT2D eigenvalue weighted by molar-refractivity contribution is 7.89. The molecule has 3 aromatic rings. The van der Waals surface area contributed by atoms with Gasteiger partial charge in [0.25, 0.3) is 0 Å². The Morgan fingerprint density at radius 3 is 2.55 bits per heavy atom. The Morgan fingerprint density at radius 1 is 1.18 bits per heavy atom. The molecular formula is C29H33ClN2O5S. The summed E-state index contributed by atoms with van der Waals surface area (Å²) in [5, 5.41) is 11.4. The van der Waals surface area contributed by atoms with E-state index in [1.54, 1.807) is 6.92 Å². The van der Waals surface area contributed by atoms with Gasteiger partial charge in [-0.1, -0.05) is 36.8 Å². The van der Waals surface area contributed by atoms with Crippen molar-refractivity contribution in [3.8, 4) is 17.6 Å². The van der Waals surface area contributed by atoms with Crippen LogP contribution < -0.4 is 9.46 Å². The van der Waals surface area contributed by atoms with Crippen LogP contribution in [0, 0.1) is 24.7 Å². The topological polar surface area (TPSA) is 97.6 Å². The molecule has 9 heteroatoms. The molecule has 2 aromatic carbocycles. The highest BCUT2D eigenvalue weighted by Crippen LogP contribution is 2.33. The summed E-state index contributed by atoms with van der Waals surface area (Å²) in [7, 11) is -4.10. The minimum absolute atomic E-state index is 0.00815. The molecule has 202 valence electrons. The molecule has 1 aliphatic carbocycles. The number of nitrogens with zero attached hydrogens (tertiary/aromatic N) is 1. The van der Waals surface area contributed by atoms with E-state index in [0.29, 0.717) is 16.7 Å². The van der Waals surface area contributed by atoms with Gasteiger partial charge in [0.05, 0.1) is 4.90 Å². The quantitative estimate of drug-likeness (QED) is 0.319. The summed E-state index contributed by atoms with van der Waals surface area (Å²) in [4.78, 5) is 12.2. The van der Waals surface area contributed by atoms with E-state index in [4.69, 9.17) is 16.3 Å². The normalized spacial score (nSPS) is 15.1. The smallest absolute Gasteiger partial charge is 0.322 e. The van der Waals surface area contributed by atoms with E-state index in [2.05, 4.69) is 21.1 Å². The fourth-order valence-electron chi connectivity index (χ4n) is 5.19. The molecule has 0 spiro atoms. The van der Waals surface area contributed by atoms with E-state index in [0.717, 1.165) is 28.7 Å². The van der Waals surface area contributed by atoms with E-state index >= 15 is 0 Å². The second kappa shape index (κ2) is 12.2. The molecule has 1 aromatic heterocycles. The van der Waals surface area contributed by atoms with Gasteiger partial charge < -0.3 is 14.4 Å². The molecule has 1 heterocycles. The van der Waals surface area contributed by atoms with Crippen molar-refractivity contribution in [1.82, 2.24) is 9.29 Å². The average Bonchev–Trinajstić information content (AvgIpc) is 3.14. The standard InChI is InChI=1S/C29H33ClN2O5S/c1-3-4-16-37-23-11-13-24(14-12-23)38(35,36)31-27(29(33)34)18-25-20(2)32(19-21-8-6-5-7-9-21)28-15-10-22(30)17-26(25)28/h10-15,17,21,27,31H,5-9,16,18-19H2,1-2H3,(H,33,34). The monoisotopic (exact) mass is 556 g/mol. The molecular weight excluding hydrogens is 524 g/mol. The van der Waals surface area contributed by atoms with Gasteiger partial charge in [-0.15, -0.1) is 5.92 Å². The van der Waals surface area contributed by atoms with Crippen LogP contribution in [0.4, 0.5) is 0 Å². The van der Waals surface area contributed by atoms with Crippen molar-refractivity contribution in [3.05, 3.63) is 58.7 Å². The Balaban J connectivity index is 1.60. The molecule has 0 amide bonds. The van der Waals surface area contributed by atoms with Crippen LogP contribution in [0.3, 0.4) is 0 Å². The number of carbonyl (C=O) groups is 1. The van der Waals surface area contributed by atoms with Crippen molar-refractivity contribution in [2.24, 2.45) is 5.92 Å². The van der Waals surface area contributed by atoms with Crippen LogP contribution in [0.15, 0.2) is 47.4 Å². The minimum atomic E-state index is -4.10. The SMILES string of the molecule is CC#CCOc1ccc(S(=O)(=O)NC(Cc2c(C)n(CC3CCCCC3)c3ccc(Cl)cc23)C(=O)O)cc1. The molecule has 4 rings (SSSR count). The molecule has 1 atom stereocenters. The number of aliphatic carboxylic acids is 1. The van der Waals surface area contributed by atoms with Crippen LogP contribution in [0.5, 0.6) is 5.75 Å². The maximum atomic E-state index is 13.1. The average molecular weight is 557 g/mol. The van der Waals surface area contributed by atoms with Crippen molar-refractivity contribution >= 4 is 38.5 Å². The fourth-order valence-corrected chi connectivity index (χ4v) is 6.55. The Kier molecular flexibility index (Phi) is 9.03. The van der Waals surface area contributed by atoms with Crippen molar-refractivity contribution in [1.29, 1.82) is 0 Å². The lowest BCUT2D eigenvalue weighted by Crippen LogP contribution is -2.42. The molecule has 1 saturated carbocycles. The van der Waals surface area contributed by atoms with Gasteiger partial charge >= 0.3 is 5.97 Å². The summed E-state index contributed by atoms with van der Waals surface area (Å²) in [6, 6.07) is 10.1. The maximum Gasteiger partial charge on any atom is 0.322 e. The summed E-state index contributed by atoms with van der Waals surface area (Å²) in [5.74, 6) is 5.28. The third-order valence-electron chi connectivity index (χ3n) is 7.21. The van der Waals surface area contributed by atoms with Crippen LogP contribution in [-0.2, 0) is 27.8 Å². The van der Waals surface area contributed by atoms with E-state index < -0.39 is 22.0 Å². The number of nitrogens with one attached hydrogen (secondary N) is 1. The van der Waals surface area contributed by atoms with Crippen molar-refractivity contribution in [3.63, 3.8) is 0 Å². The second-order valence-electron chi connectivity index (χ2n) is 9.74. The number of benzene rings is 2. The number of fused-ring (bicyclic) bond motifs is 1. The Labute approximate surface area is 229 Å². The van der Waals surface area contributed by atoms with Gasteiger partial charge in [0.15, 0.2) is 0 Å². The molecule has 1 unspecified atom stereocenters. The number of hydrogen-bond acceptors (Lipinski definition) is 4. The predicted octanol–water partition coefficient (Wildman–Crippen LogP) is 5.56. The van der Waals surface area contributed by atoms with Crippen LogP contribution in [0.1, 0.15) is 50.3 Å². The second-order valence-corrected chi connectivity index (χ2v) is 11.9. The number of hydrogen-bond donors (Lipinski definition) is 2. The third kappa shape index (κ3) is 6.52. The van der Waals surface area contributed by atoms with Crippen LogP contribution in [0.2, 0.25) is 5.02 Å². The molecule has 0 saturated heterocycles. The molecule has 7 nitrogen and oxygen atoms in total. The summed E-state index contributed by atoms with van der Waals surface area (Å²) < 4.78 is 36.3. The van der Waals surface area contributed by atoms with Gasteiger partial charge in [0, 0.05) is 34.6 Å². The molecule has 1 fully saturated rings. The van der Waals surface area contributed by atoms with Gasteiger partial charge in [-0.25, -0.2) is 8.42 Å². The number of aromatic nitrogens is 1. The number of rotatable bonds is 10. The number of sulfonamides is 1. The van der Waals surface area contributed by atoms with Gasteiger partial charge in [-0.3, -0.25) is 4.79 Å². The van der Waals surface area contributed by atoms with E-state index in [1.807, 2.05) is 25.1 Å². The van der Waals surface area contributed by atoms with Crippen LogP contribution in [0.25, 0.3) is 10.9 Å². The highest BCUT2D eigenvalue weighted by Gasteiger charge is 2.29. The molecule has 0 radical (unpaired) electrons. The lowest BCUT2D eigenvalue weighted by Gasteiger charge is -2.23. The highest BCUT2D eigenvalue weighted by atomic mass is 35.5. The van der Waals surface area contributed by atoms with Crippen LogP contribution in [-0.4, -0.2) is 36.7 Å². The lowest BCUT2D eigenvalue weighted by atomic mass is 9.89. The summed E-state index contributed by atoms with van der Waals surface area (Å²) in [5.41, 5.74) is 2.71. The summed E-state index contributed by atoms with van der Waals surface area (Å²) in [6.45, 7) is 4.72. The zero-order valence-electron chi connectivity index (χ0n) is 21.7. The maximum absolute atomic E-state index is 13.1. The van der Waals surface area contributed by atoms with Gasteiger partial charge in [-0.05, 0) is 80.6 Å². The predicted molar refractivity (Wildman–Crippen MR) is 149 cm³/mol. The van der Waals surface area contributed by atoms with E-state index in [1.165, 1.54) is 56.4 Å². The Bertz CT molecular complexity index is 1460. The minimum Gasteiger partial charge on any atom is -0.481 e. The number of halogens is 1. The fraction of sp³-hybridized carbons (Fsp3) is 0.414. The van der Waals surface area contributed by atoms with Crippen LogP contribution >= 0.6 is 11.6 Å². The number of carboxylic acid groups (broad SMARTS) is 1. The van der Waals surface area contributed by atoms with Crippen molar-refractivity contribution < 1.29 is 23.1 Å². The summed E-state index contributed by atoms with van der Waals surface area (Å²) >= 11 is 6.33. The van der Waals surface area contributed by atoms with Gasteiger partial charge in [0.2, 0.25) is 10.0 Å². The van der Waals surface area contributed by atoms with E-state index in [-0.39, 0.29) is 17.9 Å². The number of carboxylic acids is 1. The first-order valence-electron chi connectivity index (χ1n) is 12.8. The molecule has 1 aliphatic rings. The molecule has 0 aliphatic heterocycles. The first kappa shape index (κ1) is 28.0. The molecule has 38 heavy (non-hydrogen) atoms. The first-order chi connectivity index (χ1) is 18.2. The van der Waals surface area contributed by atoms with Gasteiger partial charge in [0.1, 0.15) is 18.4 Å². The Hall–Kier alpha value is -2.99. The third-order valence-corrected chi connectivity index (χ3v) is 8.93. The largest absolute Gasteiger partial charge is 0.481 e. The van der Waals surface area contributed by atoms with Crippen molar-refractivity contribution in [2.75, 3.05) is 6.61 Å². The zero-order valence-corrected chi connectivity index (χ0v) is 23.2. The lowest BCUT2D eigenvalue weighted by molar-refractivity contribution is -0.138. The molecule has 0 bridgehead atoms. The number of ether oxygens (including phenoxy) is 1. The molecule has 2 N–H and O–H groups in total. The van der Waals surface area contributed by atoms with Crippen molar-refractivity contribution in [2.45, 2.75) is 69.9 Å². The Morgan fingerprint density at radius 2 is 1.89 bits per heavy atom.